The van der Waals surface area contributed by atoms with Gasteiger partial charge in [-0.15, -0.1) is 0 Å². The van der Waals surface area contributed by atoms with Gasteiger partial charge in [0.05, 0.1) is 6.20 Å². The lowest BCUT2D eigenvalue weighted by Gasteiger charge is -2.19. The maximum Gasteiger partial charge on any atom is 0.141 e. The number of halogens is 1. The van der Waals surface area contributed by atoms with Crippen molar-refractivity contribution in [3.05, 3.63) is 29.8 Å². The lowest BCUT2D eigenvalue weighted by atomic mass is 10.2. The normalized spacial score (nSPS) is 13.1. The average Bonchev–Trinajstić information content (AvgIpc) is 2.17. The summed E-state index contributed by atoms with van der Waals surface area (Å²) in [6.07, 6.45) is 2.89. The van der Waals surface area contributed by atoms with Crippen molar-refractivity contribution in [2.24, 2.45) is 0 Å². The van der Waals surface area contributed by atoms with Gasteiger partial charge in [0.2, 0.25) is 0 Å². The Morgan fingerprint density at radius 1 is 1.47 bits per heavy atom. The van der Waals surface area contributed by atoms with E-state index in [1.54, 1.807) is 6.20 Å². The lowest BCUT2D eigenvalue weighted by Crippen LogP contribution is -2.35. The summed E-state index contributed by atoms with van der Waals surface area (Å²) in [6, 6.07) is 1.96. The van der Waals surface area contributed by atoms with Crippen LogP contribution in [0.5, 0.6) is 0 Å². The summed E-state index contributed by atoms with van der Waals surface area (Å²) in [6.45, 7) is 3.67. The highest BCUT2D eigenvalue weighted by molar-refractivity contribution is 5.09. The predicted molar refractivity (Wildman–Crippen MR) is 59.1 cm³/mol. The van der Waals surface area contributed by atoms with Gasteiger partial charge in [0, 0.05) is 25.3 Å². The highest BCUT2D eigenvalue weighted by Crippen LogP contribution is 2.00. The summed E-state index contributed by atoms with van der Waals surface area (Å²) in [5, 5.41) is 3.26. The molecule has 0 spiro atoms. The van der Waals surface area contributed by atoms with Crippen LogP contribution < -0.4 is 5.32 Å². The van der Waals surface area contributed by atoms with Gasteiger partial charge in [-0.2, -0.15) is 0 Å². The number of rotatable bonds is 5. The number of hydrogen-bond acceptors (Lipinski definition) is 3. The minimum atomic E-state index is -0.282. The molecule has 84 valence electrons. The van der Waals surface area contributed by atoms with Gasteiger partial charge in [0.15, 0.2) is 0 Å². The summed E-state index contributed by atoms with van der Waals surface area (Å²) in [5.41, 5.74) is 0.876. The molecule has 0 amide bonds. The zero-order chi connectivity index (χ0) is 11.3. The molecule has 0 aliphatic rings. The smallest absolute Gasteiger partial charge is 0.141 e. The van der Waals surface area contributed by atoms with Gasteiger partial charge >= 0.3 is 0 Å². The molecule has 0 aromatic carbocycles. The second kappa shape index (κ2) is 5.78. The Kier molecular flexibility index (Phi) is 4.65. The number of nitrogens with one attached hydrogen (secondary N) is 1. The third-order valence-corrected chi connectivity index (χ3v) is 2.41. The van der Waals surface area contributed by atoms with Crippen LogP contribution in [0.25, 0.3) is 0 Å². The summed E-state index contributed by atoms with van der Waals surface area (Å²) in [4.78, 5) is 5.93. The molecule has 0 saturated carbocycles. The summed E-state index contributed by atoms with van der Waals surface area (Å²) >= 11 is 0. The van der Waals surface area contributed by atoms with Crippen LogP contribution >= 0.6 is 0 Å². The van der Waals surface area contributed by atoms with Crippen LogP contribution in [0.15, 0.2) is 18.5 Å². The Balaban J connectivity index is 2.32. The second-order valence-electron chi connectivity index (χ2n) is 3.95. The molecule has 0 aliphatic carbocycles. The van der Waals surface area contributed by atoms with Gasteiger partial charge in [-0.3, -0.25) is 4.98 Å². The maximum absolute atomic E-state index is 12.8. The van der Waals surface area contributed by atoms with E-state index < -0.39 is 0 Å². The molecule has 3 nitrogen and oxygen atoms in total. The SMILES string of the molecule is CC(CNCc1cncc(F)c1)N(C)C. The quantitative estimate of drug-likeness (QED) is 0.794. The van der Waals surface area contributed by atoms with E-state index in [4.69, 9.17) is 0 Å². The fourth-order valence-electron chi connectivity index (χ4n) is 1.16. The van der Waals surface area contributed by atoms with E-state index in [1.165, 1.54) is 12.3 Å². The maximum atomic E-state index is 12.8. The van der Waals surface area contributed by atoms with Crippen LogP contribution in [0.4, 0.5) is 4.39 Å². The third-order valence-electron chi connectivity index (χ3n) is 2.41. The first-order valence-corrected chi connectivity index (χ1v) is 5.06. The van der Waals surface area contributed by atoms with E-state index in [-0.39, 0.29) is 5.82 Å². The van der Waals surface area contributed by atoms with Crippen molar-refractivity contribution in [1.82, 2.24) is 15.2 Å². The minimum Gasteiger partial charge on any atom is -0.311 e. The molecular weight excluding hydrogens is 193 g/mol. The largest absolute Gasteiger partial charge is 0.311 e. The van der Waals surface area contributed by atoms with E-state index in [2.05, 4.69) is 22.1 Å². The second-order valence-corrected chi connectivity index (χ2v) is 3.95. The number of nitrogens with zero attached hydrogens (tertiary/aromatic N) is 2. The zero-order valence-corrected chi connectivity index (χ0v) is 9.50. The van der Waals surface area contributed by atoms with Gasteiger partial charge < -0.3 is 10.2 Å². The van der Waals surface area contributed by atoms with Crippen LogP contribution in [0.1, 0.15) is 12.5 Å². The van der Waals surface area contributed by atoms with Gasteiger partial charge in [0.25, 0.3) is 0 Å². The zero-order valence-electron chi connectivity index (χ0n) is 9.50. The van der Waals surface area contributed by atoms with Crippen molar-refractivity contribution < 1.29 is 4.39 Å². The Morgan fingerprint density at radius 2 is 2.20 bits per heavy atom. The first kappa shape index (κ1) is 12.1. The number of hydrogen-bond donors (Lipinski definition) is 1. The molecule has 4 heteroatoms. The molecule has 15 heavy (non-hydrogen) atoms. The average molecular weight is 211 g/mol. The van der Waals surface area contributed by atoms with Crippen molar-refractivity contribution >= 4 is 0 Å². The van der Waals surface area contributed by atoms with Gasteiger partial charge in [-0.25, -0.2) is 4.39 Å². The Morgan fingerprint density at radius 3 is 2.80 bits per heavy atom. The van der Waals surface area contributed by atoms with Crippen LogP contribution in [0.2, 0.25) is 0 Å². The molecule has 1 N–H and O–H groups in total. The van der Waals surface area contributed by atoms with Crippen LogP contribution in [-0.2, 0) is 6.54 Å². The molecule has 0 saturated heterocycles. The summed E-state index contributed by atoms with van der Waals surface area (Å²) in [7, 11) is 4.08. The molecule has 1 heterocycles. The van der Waals surface area contributed by atoms with Crippen molar-refractivity contribution in [1.29, 1.82) is 0 Å². The Hall–Kier alpha value is -1.00. The fourth-order valence-corrected chi connectivity index (χ4v) is 1.16. The summed E-state index contributed by atoms with van der Waals surface area (Å²) < 4.78 is 12.8. The first-order valence-electron chi connectivity index (χ1n) is 5.06. The molecular formula is C11H18FN3. The summed E-state index contributed by atoms with van der Waals surface area (Å²) in [5.74, 6) is -0.282. The molecule has 1 aromatic rings. The highest BCUT2D eigenvalue weighted by Gasteiger charge is 2.03. The first-order chi connectivity index (χ1) is 7.09. The van der Waals surface area contributed by atoms with Crippen molar-refractivity contribution in [2.45, 2.75) is 19.5 Å². The molecule has 0 radical (unpaired) electrons. The van der Waals surface area contributed by atoms with E-state index in [0.29, 0.717) is 12.6 Å². The fraction of sp³-hybridized carbons (Fsp3) is 0.545. The molecule has 0 fully saturated rings. The van der Waals surface area contributed by atoms with Crippen LogP contribution in [0, 0.1) is 5.82 Å². The van der Waals surface area contributed by atoms with E-state index in [0.717, 1.165) is 12.1 Å². The molecule has 1 atom stereocenters. The standard InChI is InChI=1S/C11H18FN3/c1-9(15(2)3)5-13-6-10-4-11(12)8-14-7-10/h4,7-9,13H,5-6H2,1-3H3. The van der Waals surface area contributed by atoms with E-state index in [1.807, 2.05) is 14.1 Å². The molecule has 0 aliphatic heterocycles. The topological polar surface area (TPSA) is 28.2 Å². The monoisotopic (exact) mass is 211 g/mol. The van der Waals surface area contributed by atoms with Crippen molar-refractivity contribution in [3.8, 4) is 0 Å². The van der Waals surface area contributed by atoms with E-state index >= 15 is 0 Å². The molecule has 1 aromatic heterocycles. The number of pyridine rings is 1. The van der Waals surface area contributed by atoms with Crippen LogP contribution in [0.3, 0.4) is 0 Å². The predicted octanol–water partition coefficient (Wildman–Crippen LogP) is 1.26. The van der Waals surface area contributed by atoms with Gasteiger partial charge in [-0.1, -0.05) is 0 Å². The van der Waals surface area contributed by atoms with Gasteiger partial charge in [-0.05, 0) is 32.6 Å². The molecule has 0 bridgehead atoms. The Bertz CT molecular complexity index is 302. The van der Waals surface area contributed by atoms with Crippen molar-refractivity contribution in [3.63, 3.8) is 0 Å². The van der Waals surface area contributed by atoms with E-state index in [9.17, 15) is 4.39 Å². The Labute approximate surface area is 90.3 Å². The number of aromatic nitrogens is 1. The minimum absolute atomic E-state index is 0.282. The van der Waals surface area contributed by atoms with Crippen LogP contribution in [-0.4, -0.2) is 36.6 Å². The molecule has 1 rings (SSSR count). The van der Waals surface area contributed by atoms with Gasteiger partial charge in [0.1, 0.15) is 5.82 Å². The van der Waals surface area contributed by atoms with Crippen molar-refractivity contribution in [2.75, 3.05) is 20.6 Å². The number of likely N-dealkylation sites (N-methyl/N-ethyl adjacent to an activating group) is 1. The molecule has 1 unspecified atom stereocenters. The lowest BCUT2D eigenvalue weighted by molar-refractivity contribution is 0.302. The third kappa shape index (κ3) is 4.36. The highest BCUT2D eigenvalue weighted by atomic mass is 19.1.